The largest absolute Gasteiger partial charge is 0.378 e. The molecule has 1 aromatic rings. The molecule has 2 amide bonds. The fourth-order valence-corrected chi connectivity index (χ4v) is 3.20. The van der Waals surface area contributed by atoms with Crippen molar-refractivity contribution in [2.45, 2.75) is 25.8 Å². The maximum atomic E-state index is 12.7. The number of morpholine rings is 1. The Balaban J connectivity index is 1.64. The van der Waals surface area contributed by atoms with E-state index in [2.05, 4.69) is 15.2 Å². The van der Waals surface area contributed by atoms with Crippen LogP contribution < -0.4 is 10.2 Å². The molecular weight excluding hydrogens is 308 g/mol. The van der Waals surface area contributed by atoms with Crippen LogP contribution in [-0.4, -0.2) is 67.1 Å². The van der Waals surface area contributed by atoms with Crippen molar-refractivity contribution in [3.8, 4) is 0 Å². The Morgan fingerprint density at radius 2 is 1.92 bits per heavy atom. The van der Waals surface area contributed by atoms with Crippen LogP contribution in [0.2, 0.25) is 0 Å². The first-order valence-corrected chi connectivity index (χ1v) is 8.49. The quantitative estimate of drug-likeness (QED) is 0.880. The normalized spacial score (nSPS) is 19.2. The molecule has 1 aromatic heterocycles. The van der Waals surface area contributed by atoms with Crippen LogP contribution in [0.4, 0.5) is 5.82 Å². The van der Waals surface area contributed by atoms with Crippen molar-refractivity contribution in [2.24, 2.45) is 0 Å². The molecule has 0 unspecified atom stereocenters. The summed E-state index contributed by atoms with van der Waals surface area (Å²) in [6.07, 6.45) is 3.30. The van der Waals surface area contributed by atoms with Gasteiger partial charge in [0.15, 0.2) is 0 Å². The number of anilines is 1. The molecule has 2 fully saturated rings. The predicted molar refractivity (Wildman–Crippen MR) is 90.0 cm³/mol. The van der Waals surface area contributed by atoms with Crippen molar-refractivity contribution in [1.29, 1.82) is 0 Å². The molecule has 0 saturated carbocycles. The third kappa shape index (κ3) is 3.84. The first-order valence-electron chi connectivity index (χ1n) is 8.49. The van der Waals surface area contributed by atoms with E-state index < -0.39 is 0 Å². The van der Waals surface area contributed by atoms with Gasteiger partial charge in [0.1, 0.15) is 5.82 Å². The number of pyridine rings is 1. The SMILES string of the molecule is CC(=O)N1CCC(NC(=O)c2cccnc2N2CCOCC2)CC1. The number of carbonyl (C=O) groups excluding carboxylic acids is 2. The summed E-state index contributed by atoms with van der Waals surface area (Å²) >= 11 is 0. The molecule has 2 saturated heterocycles. The lowest BCUT2D eigenvalue weighted by Crippen LogP contribution is -2.46. The molecule has 7 nitrogen and oxygen atoms in total. The maximum Gasteiger partial charge on any atom is 0.255 e. The lowest BCUT2D eigenvalue weighted by atomic mass is 10.0. The molecule has 0 atom stereocenters. The Labute approximate surface area is 142 Å². The predicted octanol–water partition coefficient (Wildman–Crippen LogP) is 0.659. The van der Waals surface area contributed by atoms with E-state index in [-0.39, 0.29) is 17.9 Å². The highest BCUT2D eigenvalue weighted by Gasteiger charge is 2.25. The van der Waals surface area contributed by atoms with Crippen molar-refractivity contribution in [1.82, 2.24) is 15.2 Å². The van der Waals surface area contributed by atoms with E-state index in [4.69, 9.17) is 4.74 Å². The van der Waals surface area contributed by atoms with Crippen LogP contribution in [0.1, 0.15) is 30.1 Å². The summed E-state index contributed by atoms with van der Waals surface area (Å²) in [6, 6.07) is 3.71. The topological polar surface area (TPSA) is 74.8 Å². The minimum Gasteiger partial charge on any atom is -0.378 e. The number of piperidine rings is 1. The second-order valence-electron chi connectivity index (χ2n) is 6.23. The molecule has 0 aliphatic carbocycles. The lowest BCUT2D eigenvalue weighted by molar-refractivity contribution is -0.129. The molecule has 0 aromatic carbocycles. The summed E-state index contributed by atoms with van der Waals surface area (Å²) < 4.78 is 5.37. The van der Waals surface area contributed by atoms with Crippen molar-refractivity contribution in [2.75, 3.05) is 44.3 Å². The molecule has 0 spiro atoms. The first kappa shape index (κ1) is 16.7. The molecule has 7 heteroatoms. The molecule has 0 bridgehead atoms. The number of hydrogen-bond donors (Lipinski definition) is 1. The van der Waals surface area contributed by atoms with Crippen LogP contribution in [0.25, 0.3) is 0 Å². The highest BCUT2D eigenvalue weighted by molar-refractivity contribution is 5.99. The number of amides is 2. The molecule has 130 valence electrons. The number of nitrogens with one attached hydrogen (secondary N) is 1. The summed E-state index contributed by atoms with van der Waals surface area (Å²) in [6.45, 7) is 5.78. The number of carbonyl (C=O) groups is 2. The number of hydrogen-bond acceptors (Lipinski definition) is 5. The maximum absolute atomic E-state index is 12.7. The third-order valence-corrected chi connectivity index (χ3v) is 4.62. The van der Waals surface area contributed by atoms with Gasteiger partial charge >= 0.3 is 0 Å². The molecule has 24 heavy (non-hydrogen) atoms. The number of ether oxygens (including phenoxy) is 1. The highest BCUT2D eigenvalue weighted by atomic mass is 16.5. The zero-order chi connectivity index (χ0) is 16.9. The van der Waals surface area contributed by atoms with E-state index in [1.807, 2.05) is 11.0 Å². The fourth-order valence-electron chi connectivity index (χ4n) is 3.20. The van der Waals surface area contributed by atoms with Gasteiger partial charge in [0, 0.05) is 45.3 Å². The standard InChI is InChI=1S/C17H24N4O3/c1-13(22)20-7-4-14(5-8-20)19-17(23)15-3-2-6-18-16(15)21-9-11-24-12-10-21/h2-3,6,14H,4-5,7-12H2,1H3,(H,19,23). The van der Waals surface area contributed by atoms with E-state index in [0.717, 1.165) is 31.7 Å². The minimum atomic E-state index is -0.0918. The number of nitrogens with zero attached hydrogens (tertiary/aromatic N) is 3. The molecule has 2 aliphatic heterocycles. The van der Waals surface area contributed by atoms with Crippen LogP contribution in [0.5, 0.6) is 0 Å². The second kappa shape index (κ2) is 7.61. The first-order chi connectivity index (χ1) is 11.6. The van der Waals surface area contributed by atoms with Gasteiger partial charge in [-0.05, 0) is 25.0 Å². The highest BCUT2D eigenvalue weighted by Crippen LogP contribution is 2.19. The van der Waals surface area contributed by atoms with E-state index in [1.165, 1.54) is 0 Å². The monoisotopic (exact) mass is 332 g/mol. The Morgan fingerprint density at radius 1 is 1.21 bits per heavy atom. The van der Waals surface area contributed by atoms with E-state index >= 15 is 0 Å². The van der Waals surface area contributed by atoms with E-state index in [9.17, 15) is 9.59 Å². The van der Waals surface area contributed by atoms with Gasteiger partial charge in [-0.25, -0.2) is 4.98 Å². The van der Waals surface area contributed by atoms with Gasteiger partial charge in [-0.15, -0.1) is 0 Å². The average molecular weight is 332 g/mol. The van der Waals surface area contributed by atoms with Gasteiger partial charge in [0.25, 0.3) is 5.91 Å². The molecule has 0 radical (unpaired) electrons. The zero-order valence-corrected chi connectivity index (χ0v) is 14.0. The Hall–Kier alpha value is -2.15. The Bertz CT molecular complexity index is 593. The van der Waals surface area contributed by atoms with E-state index in [1.54, 1.807) is 19.2 Å². The van der Waals surface area contributed by atoms with Gasteiger partial charge in [-0.3, -0.25) is 9.59 Å². The van der Waals surface area contributed by atoms with Crippen LogP contribution in [0.15, 0.2) is 18.3 Å². The lowest BCUT2D eigenvalue weighted by Gasteiger charge is -2.32. The van der Waals surface area contributed by atoms with E-state index in [0.29, 0.717) is 31.9 Å². The molecular formula is C17H24N4O3. The van der Waals surface area contributed by atoms with Gasteiger partial charge in [-0.2, -0.15) is 0 Å². The van der Waals surface area contributed by atoms with Crippen molar-refractivity contribution in [3.63, 3.8) is 0 Å². The fraction of sp³-hybridized carbons (Fsp3) is 0.588. The van der Waals surface area contributed by atoms with Gasteiger partial charge in [0.2, 0.25) is 5.91 Å². The molecule has 3 rings (SSSR count). The summed E-state index contributed by atoms with van der Waals surface area (Å²) in [5, 5.41) is 3.10. The average Bonchev–Trinajstić information content (AvgIpc) is 2.63. The van der Waals surface area contributed by atoms with Crippen molar-refractivity contribution in [3.05, 3.63) is 23.9 Å². The third-order valence-electron chi connectivity index (χ3n) is 4.62. The van der Waals surface area contributed by atoms with Gasteiger partial charge in [0.05, 0.1) is 18.8 Å². The van der Waals surface area contributed by atoms with Crippen LogP contribution in [-0.2, 0) is 9.53 Å². The summed E-state index contributed by atoms with van der Waals surface area (Å²) in [5.41, 5.74) is 0.605. The minimum absolute atomic E-state index is 0.0918. The molecule has 3 heterocycles. The summed E-state index contributed by atoms with van der Waals surface area (Å²) in [5.74, 6) is 0.729. The summed E-state index contributed by atoms with van der Waals surface area (Å²) in [4.78, 5) is 32.4. The smallest absolute Gasteiger partial charge is 0.255 e. The summed E-state index contributed by atoms with van der Waals surface area (Å²) in [7, 11) is 0. The zero-order valence-electron chi connectivity index (χ0n) is 14.0. The molecule has 1 N–H and O–H groups in total. The van der Waals surface area contributed by atoms with Gasteiger partial charge in [-0.1, -0.05) is 0 Å². The Morgan fingerprint density at radius 3 is 2.58 bits per heavy atom. The van der Waals surface area contributed by atoms with Crippen LogP contribution in [0.3, 0.4) is 0 Å². The van der Waals surface area contributed by atoms with Crippen molar-refractivity contribution >= 4 is 17.6 Å². The number of aromatic nitrogens is 1. The van der Waals surface area contributed by atoms with Gasteiger partial charge < -0.3 is 19.9 Å². The number of likely N-dealkylation sites (tertiary alicyclic amines) is 1. The Kier molecular flexibility index (Phi) is 5.30. The van der Waals surface area contributed by atoms with Crippen LogP contribution in [0, 0.1) is 0 Å². The second-order valence-corrected chi connectivity index (χ2v) is 6.23. The van der Waals surface area contributed by atoms with Crippen molar-refractivity contribution < 1.29 is 14.3 Å². The van der Waals surface area contributed by atoms with Crippen LogP contribution >= 0.6 is 0 Å². The molecule has 2 aliphatic rings. The number of rotatable bonds is 3.